The van der Waals surface area contributed by atoms with Crippen LogP contribution < -0.4 is 4.90 Å². The van der Waals surface area contributed by atoms with E-state index in [1.54, 1.807) is 39.5 Å². The molecule has 1 atom stereocenters. The van der Waals surface area contributed by atoms with Gasteiger partial charge in [0, 0.05) is 44.8 Å². The van der Waals surface area contributed by atoms with Crippen LogP contribution in [0, 0.1) is 5.92 Å². The molecule has 11 heteroatoms. The van der Waals surface area contributed by atoms with Gasteiger partial charge < -0.3 is 4.74 Å². The smallest absolute Gasteiger partial charge is 0.260 e. The number of benzene rings is 2. The molecule has 2 saturated heterocycles. The topological polar surface area (TPSA) is 83.1 Å². The maximum Gasteiger partial charge on any atom is 0.260 e. The van der Waals surface area contributed by atoms with Crippen LogP contribution in [0.3, 0.4) is 0 Å². The summed E-state index contributed by atoms with van der Waals surface area (Å²) in [5.74, 6) is 0.130. The maximum absolute atomic E-state index is 13.8. The molecule has 0 saturated carbocycles. The second-order valence-electron chi connectivity index (χ2n) is 9.98. The zero-order valence-corrected chi connectivity index (χ0v) is 23.9. The van der Waals surface area contributed by atoms with Gasteiger partial charge in [0.25, 0.3) is 5.91 Å². The summed E-state index contributed by atoms with van der Waals surface area (Å²) in [6.45, 7) is 7.70. The molecule has 5 rings (SSSR count). The van der Waals surface area contributed by atoms with Gasteiger partial charge in [-0.3, -0.25) is 14.6 Å². The predicted octanol–water partition coefficient (Wildman–Crippen LogP) is 4.74. The highest BCUT2D eigenvalue weighted by molar-refractivity contribution is 7.89. The van der Waals surface area contributed by atoms with Crippen LogP contribution in [-0.4, -0.2) is 81.0 Å². The number of nitrogens with zero attached hydrogens (tertiary/aromatic N) is 4. The van der Waals surface area contributed by atoms with E-state index in [2.05, 4.69) is 11.8 Å². The molecule has 0 spiro atoms. The molecule has 38 heavy (non-hydrogen) atoms. The number of hydrogen-bond donors (Lipinski definition) is 0. The van der Waals surface area contributed by atoms with E-state index in [0.29, 0.717) is 46.8 Å². The molecule has 1 unspecified atom stereocenters. The van der Waals surface area contributed by atoms with Crippen molar-refractivity contribution < 1.29 is 17.9 Å². The molecule has 8 nitrogen and oxygen atoms in total. The third-order valence-electron chi connectivity index (χ3n) is 7.15. The van der Waals surface area contributed by atoms with E-state index in [0.717, 1.165) is 56.8 Å². The van der Waals surface area contributed by atoms with Crippen molar-refractivity contribution in [2.45, 2.75) is 31.1 Å². The lowest BCUT2D eigenvalue weighted by Crippen LogP contribution is -2.39. The molecule has 0 bridgehead atoms. The van der Waals surface area contributed by atoms with Gasteiger partial charge in [0.15, 0.2) is 5.13 Å². The van der Waals surface area contributed by atoms with Crippen molar-refractivity contribution in [3.63, 3.8) is 0 Å². The third kappa shape index (κ3) is 6.05. The first-order valence-electron chi connectivity index (χ1n) is 13.1. The zero-order chi connectivity index (χ0) is 26.7. The molecule has 204 valence electrons. The van der Waals surface area contributed by atoms with Gasteiger partial charge in [-0.1, -0.05) is 35.9 Å². The number of amides is 1. The number of ether oxygens (including phenoxy) is 1. The first kappa shape index (κ1) is 27.5. The average Bonchev–Trinajstić information content (AvgIpc) is 3.37. The molecule has 2 aliphatic rings. The number of morpholine rings is 1. The molecule has 0 aliphatic carbocycles. The molecule has 2 aliphatic heterocycles. The third-order valence-corrected chi connectivity index (χ3v) is 10.4. The van der Waals surface area contributed by atoms with Crippen LogP contribution in [0.4, 0.5) is 5.13 Å². The lowest BCUT2D eigenvalue weighted by Gasteiger charge is -2.30. The number of carbonyl (C=O) groups excluding carboxylic acids is 1. The van der Waals surface area contributed by atoms with E-state index < -0.39 is 10.0 Å². The Balaban J connectivity index is 1.37. The van der Waals surface area contributed by atoms with Crippen molar-refractivity contribution in [1.82, 2.24) is 14.2 Å². The van der Waals surface area contributed by atoms with Gasteiger partial charge in [0.05, 0.1) is 27.8 Å². The Bertz CT molecular complexity index is 1370. The molecule has 3 aromatic rings. The van der Waals surface area contributed by atoms with Gasteiger partial charge in [-0.25, -0.2) is 13.4 Å². The van der Waals surface area contributed by atoms with E-state index in [1.165, 1.54) is 11.3 Å². The normalized spacial score (nSPS) is 19.6. The summed E-state index contributed by atoms with van der Waals surface area (Å²) in [4.78, 5) is 22.7. The average molecular weight is 577 g/mol. The van der Waals surface area contributed by atoms with E-state index in [4.69, 9.17) is 21.3 Å². The van der Waals surface area contributed by atoms with Crippen LogP contribution in [-0.2, 0) is 14.8 Å². The van der Waals surface area contributed by atoms with Crippen LogP contribution in [0.2, 0.25) is 5.02 Å². The maximum atomic E-state index is 13.8. The van der Waals surface area contributed by atoms with Crippen molar-refractivity contribution in [1.29, 1.82) is 0 Å². The highest BCUT2D eigenvalue weighted by Crippen LogP contribution is 2.34. The van der Waals surface area contributed by atoms with Crippen molar-refractivity contribution in [3.05, 3.63) is 53.1 Å². The summed E-state index contributed by atoms with van der Waals surface area (Å²) in [6, 6.07) is 11.9. The van der Waals surface area contributed by atoms with Crippen LogP contribution in [0.25, 0.3) is 10.2 Å². The Morgan fingerprint density at radius 2 is 1.92 bits per heavy atom. The number of carbonyl (C=O) groups is 1. The van der Waals surface area contributed by atoms with E-state index in [1.807, 2.05) is 12.1 Å². The summed E-state index contributed by atoms with van der Waals surface area (Å²) in [5, 5.41) is 1.13. The SMILES string of the molecule is CC1CCCN(S(=O)(=O)c2ccc(C(=O)N(CCCN3CCOCC3)c3nc4c(Cl)cccc4s3)cc2)C1. The number of halogens is 1. The molecule has 1 aromatic heterocycles. The molecule has 2 aromatic carbocycles. The molecule has 3 heterocycles. The number of aromatic nitrogens is 1. The second-order valence-corrected chi connectivity index (χ2v) is 13.3. The minimum Gasteiger partial charge on any atom is -0.379 e. The monoisotopic (exact) mass is 576 g/mol. The molecule has 0 N–H and O–H groups in total. The van der Waals surface area contributed by atoms with Gasteiger partial charge in [-0.15, -0.1) is 0 Å². The number of hydrogen-bond acceptors (Lipinski definition) is 7. The Labute approximate surface area is 233 Å². The lowest BCUT2D eigenvalue weighted by molar-refractivity contribution is 0.0376. The standard InChI is InChI=1S/C27H33ClN4O4S2/c1-20-5-3-13-31(19-20)38(34,35)22-10-8-21(9-11-22)26(33)32(14-4-12-30-15-17-36-18-16-30)27-29-25-23(28)6-2-7-24(25)37-27/h2,6-11,20H,3-5,12-19H2,1H3. The number of thiazole rings is 1. The minimum atomic E-state index is -3.59. The summed E-state index contributed by atoms with van der Waals surface area (Å²) in [6.07, 6.45) is 2.68. The van der Waals surface area contributed by atoms with Gasteiger partial charge in [0.1, 0.15) is 5.52 Å². The van der Waals surface area contributed by atoms with Crippen LogP contribution >= 0.6 is 22.9 Å². The van der Waals surface area contributed by atoms with Crippen molar-refractivity contribution in [2.75, 3.05) is 57.4 Å². The quantitative estimate of drug-likeness (QED) is 0.385. The summed E-state index contributed by atoms with van der Waals surface area (Å²) in [7, 11) is -3.59. The first-order chi connectivity index (χ1) is 18.3. The van der Waals surface area contributed by atoms with Crippen molar-refractivity contribution in [3.8, 4) is 0 Å². The number of piperidine rings is 1. The van der Waals surface area contributed by atoms with Gasteiger partial charge in [0.2, 0.25) is 10.0 Å². The Hall–Kier alpha value is -2.08. The molecule has 2 fully saturated rings. The molecular weight excluding hydrogens is 544 g/mol. The fourth-order valence-corrected chi connectivity index (χ4v) is 7.91. The summed E-state index contributed by atoms with van der Waals surface area (Å²) >= 11 is 7.80. The van der Waals surface area contributed by atoms with Crippen molar-refractivity contribution >= 4 is 54.2 Å². The van der Waals surface area contributed by atoms with Crippen LogP contribution in [0.1, 0.15) is 36.5 Å². The predicted molar refractivity (Wildman–Crippen MR) is 152 cm³/mol. The Morgan fingerprint density at radius 1 is 1.16 bits per heavy atom. The number of fused-ring (bicyclic) bond motifs is 1. The first-order valence-corrected chi connectivity index (χ1v) is 15.7. The zero-order valence-electron chi connectivity index (χ0n) is 21.5. The van der Waals surface area contributed by atoms with Gasteiger partial charge in [-0.05, 0) is 61.6 Å². The molecule has 1 amide bonds. The summed E-state index contributed by atoms with van der Waals surface area (Å²) in [5.41, 5.74) is 1.10. The Kier molecular flexibility index (Phi) is 8.66. The fourth-order valence-electron chi connectivity index (χ4n) is 5.02. The Morgan fingerprint density at radius 3 is 2.63 bits per heavy atom. The number of para-hydroxylation sites is 1. The minimum absolute atomic E-state index is 0.210. The fraction of sp³-hybridized carbons (Fsp3) is 0.481. The largest absolute Gasteiger partial charge is 0.379 e. The number of sulfonamides is 1. The summed E-state index contributed by atoms with van der Waals surface area (Å²) < 4.78 is 34.3. The van der Waals surface area contributed by atoms with Crippen LogP contribution in [0.15, 0.2) is 47.4 Å². The van der Waals surface area contributed by atoms with Crippen LogP contribution in [0.5, 0.6) is 0 Å². The number of anilines is 1. The number of rotatable bonds is 8. The van der Waals surface area contributed by atoms with Gasteiger partial charge in [-0.2, -0.15) is 4.31 Å². The van der Waals surface area contributed by atoms with E-state index in [-0.39, 0.29) is 10.8 Å². The van der Waals surface area contributed by atoms with E-state index >= 15 is 0 Å². The molecule has 0 radical (unpaired) electrons. The lowest BCUT2D eigenvalue weighted by atomic mass is 10.0. The van der Waals surface area contributed by atoms with Gasteiger partial charge >= 0.3 is 0 Å². The van der Waals surface area contributed by atoms with E-state index in [9.17, 15) is 13.2 Å². The highest BCUT2D eigenvalue weighted by atomic mass is 35.5. The second kappa shape index (κ2) is 12.0. The van der Waals surface area contributed by atoms with Crippen molar-refractivity contribution in [2.24, 2.45) is 5.92 Å². The molecular formula is C27H33ClN4O4S2. The highest BCUT2D eigenvalue weighted by Gasteiger charge is 2.29.